The number of hydrogen-bond donors (Lipinski definition) is 1. The molecule has 0 aliphatic carbocycles. The fourth-order valence-corrected chi connectivity index (χ4v) is 3.07. The molecular formula is C17H16N4O2S. The maximum absolute atomic E-state index is 11.3. The van der Waals surface area contributed by atoms with Crippen LogP contribution < -0.4 is 5.01 Å². The zero-order chi connectivity index (χ0) is 16.8. The summed E-state index contributed by atoms with van der Waals surface area (Å²) in [7, 11) is 0. The van der Waals surface area contributed by atoms with E-state index in [1.807, 2.05) is 60.7 Å². The molecule has 1 heterocycles. The average molecular weight is 340 g/mol. The first-order valence-electron chi connectivity index (χ1n) is 7.35. The second-order valence-corrected chi connectivity index (χ2v) is 5.94. The van der Waals surface area contributed by atoms with E-state index in [-0.39, 0.29) is 6.54 Å². The Balaban J connectivity index is 1.84. The third-order valence-electron chi connectivity index (χ3n) is 3.28. The van der Waals surface area contributed by atoms with Gasteiger partial charge in [0.15, 0.2) is 0 Å². The number of rotatable bonds is 7. The zero-order valence-electron chi connectivity index (χ0n) is 12.8. The Morgan fingerprint density at radius 1 is 1.08 bits per heavy atom. The molecule has 0 fully saturated rings. The third kappa shape index (κ3) is 3.94. The van der Waals surface area contributed by atoms with Crippen molar-refractivity contribution in [3.05, 3.63) is 72.6 Å². The van der Waals surface area contributed by atoms with E-state index in [4.69, 9.17) is 0 Å². The number of carboxylic acid groups (broad SMARTS) is 1. The Hall–Kier alpha value is -2.80. The molecule has 0 aliphatic rings. The van der Waals surface area contributed by atoms with E-state index in [0.717, 1.165) is 11.4 Å². The van der Waals surface area contributed by atoms with Crippen molar-refractivity contribution in [1.29, 1.82) is 0 Å². The zero-order valence-corrected chi connectivity index (χ0v) is 13.6. The summed E-state index contributed by atoms with van der Waals surface area (Å²) in [5.74, 6) is -0.205. The van der Waals surface area contributed by atoms with Crippen LogP contribution in [0, 0.1) is 0 Å². The van der Waals surface area contributed by atoms with Crippen molar-refractivity contribution >= 4 is 23.4 Å². The predicted molar refractivity (Wildman–Crippen MR) is 92.8 cm³/mol. The van der Waals surface area contributed by atoms with Crippen LogP contribution in [-0.4, -0.2) is 32.5 Å². The number of anilines is 1. The SMILES string of the molecule is O=C(O)CN(c1ccccc1)n1ncnc1SCc1ccccc1. The van der Waals surface area contributed by atoms with Gasteiger partial charge in [-0.2, -0.15) is 0 Å². The van der Waals surface area contributed by atoms with E-state index in [0.29, 0.717) is 5.16 Å². The fraction of sp³-hybridized carbons (Fsp3) is 0.118. The van der Waals surface area contributed by atoms with Gasteiger partial charge < -0.3 is 5.11 Å². The molecule has 2 aromatic carbocycles. The van der Waals surface area contributed by atoms with Gasteiger partial charge in [0.25, 0.3) is 0 Å². The molecule has 0 aliphatic heterocycles. The lowest BCUT2D eigenvalue weighted by atomic mass is 10.2. The number of thioether (sulfide) groups is 1. The van der Waals surface area contributed by atoms with Crippen molar-refractivity contribution in [2.75, 3.05) is 11.6 Å². The lowest BCUT2D eigenvalue weighted by Gasteiger charge is -2.23. The van der Waals surface area contributed by atoms with Crippen LogP contribution in [0.25, 0.3) is 0 Å². The van der Waals surface area contributed by atoms with Gasteiger partial charge in [-0.15, -0.1) is 9.89 Å². The van der Waals surface area contributed by atoms with E-state index in [1.54, 1.807) is 5.01 Å². The summed E-state index contributed by atoms with van der Waals surface area (Å²) in [4.78, 5) is 17.1. The smallest absolute Gasteiger partial charge is 0.325 e. The molecule has 0 spiro atoms. The first-order valence-corrected chi connectivity index (χ1v) is 8.34. The molecule has 122 valence electrons. The summed E-state index contributed by atoms with van der Waals surface area (Å²) < 4.78 is 0. The topological polar surface area (TPSA) is 71.2 Å². The van der Waals surface area contributed by atoms with Crippen LogP contribution in [0.1, 0.15) is 5.56 Å². The molecule has 0 radical (unpaired) electrons. The normalized spacial score (nSPS) is 10.5. The average Bonchev–Trinajstić information content (AvgIpc) is 3.08. The minimum atomic E-state index is -0.937. The number of para-hydroxylation sites is 1. The molecule has 6 nitrogen and oxygen atoms in total. The van der Waals surface area contributed by atoms with Gasteiger partial charge in [0.2, 0.25) is 5.16 Å². The lowest BCUT2D eigenvalue weighted by molar-refractivity contribution is -0.135. The minimum absolute atomic E-state index is 0.202. The largest absolute Gasteiger partial charge is 0.480 e. The highest BCUT2D eigenvalue weighted by atomic mass is 32.2. The second-order valence-electron chi connectivity index (χ2n) is 4.99. The van der Waals surface area contributed by atoms with E-state index in [9.17, 15) is 9.90 Å². The van der Waals surface area contributed by atoms with E-state index in [1.165, 1.54) is 28.4 Å². The monoisotopic (exact) mass is 340 g/mol. The molecule has 0 bridgehead atoms. The number of nitrogens with zero attached hydrogens (tertiary/aromatic N) is 4. The maximum Gasteiger partial charge on any atom is 0.325 e. The van der Waals surface area contributed by atoms with Crippen molar-refractivity contribution in [2.24, 2.45) is 0 Å². The number of hydrogen-bond acceptors (Lipinski definition) is 5. The van der Waals surface area contributed by atoms with Crippen molar-refractivity contribution in [1.82, 2.24) is 14.9 Å². The van der Waals surface area contributed by atoms with Gasteiger partial charge in [-0.1, -0.05) is 60.3 Å². The van der Waals surface area contributed by atoms with Crippen molar-refractivity contribution in [3.63, 3.8) is 0 Å². The number of aliphatic carboxylic acids is 1. The molecule has 0 saturated carbocycles. The van der Waals surface area contributed by atoms with Crippen LogP contribution in [0.2, 0.25) is 0 Å². The van der Waals surface area contributed by atoms with Crippen molar-refractivity contribution in [2.45, 2.75) is 10.9 Å². The van der Waals surface area contributed by atoms with Crippen molar-refractivity contribution in [3.8, 4) is 0 Å². The van der Waals surface area contributed by atoms with E-state index in [2.05, 4.69) is 10.1 Å². The Morgan fingerprint density at radius 3 is 2.42 bits per heavy atom. The van der Waals surface area contributed by atoms with Crippen LogP contribution >= 0.6 is 11.8 Å². The Bertz CT molecular complexity index is 793. The van der Waals surface area contributed by atoms with Gasteiger partial charge in [0, 0.05) is 5.75 Å². The molecule has 1 N–H and O–H groups in total. The molecule has 0 atom stereocenters. The molecule has 1 aromatic heterocycles. The van der Waals surface area contributed by atoms with Gasteiger partial charge in [-0.25, -0.2) is 4.98 Å². The van der Waals surface area contributed by atoms with Gasteiger partial charge in [-0.05, 0) is 17.7 Å². The molecule has 7 heteroatoms. The first kappa shape index (κ1) is 16.1. The second kappa shape index (κ2) is 7.65. The number of aromatic nitrogens is 3. The van der Waals surface area contributed by atoms with Crippen LogP contribution in [0.15, 0.2) is 72.1 Å². The number of carboxylic acids is 1. The molecule has 0 amide bonds. The van der Waals surface area contributed by atoms with Gasteiger partial charge in [0.1, 0.15) is 12.9 Å². The molecule has 3 rings (SSSR count). The fourth-order valence-electron chi connectivity index (χ4n) is 2.20. The lowest BCUT2D eigenvalue weighted by Crippen LogP contribution is -2.36. The first-order chi connectivity index (χ1) is 11.7. The van der Waals surface area contributed by atoms with Crippen LogP contribution in [0.3, 0.4) is 0 Å². The Morgan fingerprint density at radius 2 is 1.75 bits per heavy atom. The molecular weight excluding hydrogens is 324 g/mol. The molecule has 3 aromatic rings. The third-order valence-corrected chi connectivity index (χ3v) is 4.28. The number of benzene rings is 2. The predicted octanol–water partition coefficient (Wildman–Crippen LogP) is 2.92. The highest BCUT2D eigenvalue weighted by Gasteiger charge is 2.17. The van der Waals surface area contributed by atoms with Crippen molar-refractivity contribution < 1.29 is 9.90 Å². The summed E-state index contributed by atoms with van der Waals surface area (Å²) >= 11 is 1.51. The Labute approximate surface area is 143 Å². The van der Waals surface area contributed by atoms with Gasteiger partial charge in [-0.3, -0.25) is 9.80 Å². The summed E-state index contributed by atoms with van der Waals surface area (Å²) in [5.41, 5.74) is 1.91. The molecule has 0 unspecified atom stereocenters. The standard InChI is InChI=1S/C17H16N4O2S/c22-16(23)11-20(15-9-5-2-6-10-15)21-17(18-13-19-21)24-12-14-7-3-1-4-8-14/h1-10,13H,11-12H2,(H,22,23). The van der Waals surface area contributed by atoms with E-state index >= 15 is 0 Å². The summed E-state index contributed by atoms with van der Waals surface area (Å²) in [6.45, 7) is -0.202. The quantitative estimate of drug-likeness (QED) is 0.667. The highest BCUT2D eigenvalue weighted by Crippen LogP contribution is 2.23. The van der Waals surface area contributed by atoms with Gasteiger partial charge >= 0.3 is 5.97 Å². The highest BCUT2D eigenvalue weighted by molar-refractivity contribution is 7.98. The summed E-state index contributed by atoms with van der Waals surface area (Å²) in [5, 5.41) is 15.7. The van der Waals surface area contributed by atoms with Gasteiger partial charge in [0.05, 0.1) is 5.69 Å². The summed E-state index contributed by atoms with van der Waals surface area (Å²) in [6.07, 6.45) is 1.44. The molecule has 24 heavy (non-hydrogen) atoms. The molecule has 0 saturated heterocycles. The van der Waals surface area contributed by atoms with Crippen LogP contribution in [-0.2, 0) is 10.5 Å². The Kier molecular flexibility index (Phi) is 5.12. The number of carbonyl (C=O) groups is 1. The minimum Gasteiger partial charge on any atom is -0.480 e. The maximum atomic E-state index is 11.3. The summed E-state index contributed by atoms with van der Waals surface area (Å²) in [6, 6.07) is 19.3. The van der Waals surface area contributed by atoms with Crippen LogP contribution in [0.4, 0.5) is 5.69 Å². The van der Waals surface area contributed by atoms with Crippen LogP contribution in [0.5, 0.6) is 0 Å². The van der Waals surface area contributed by atoms with E-state index < -0.39 is 5.97 Å².